The summed E-state index contributed by atoms with van der Waals surface area (Å²) >= 11 is 0. The van der Waals surface area contributed by atoms with Gasteiger partial charge in [0.2, 0.25) is 5.91 Å². The van der Waals surface area contributed by atoms with E-state index < -0.39 is 11.9 Å². The number of hydrogen-bond acceptors (Lipinski definition) is 3. The maximum absolute atomic E-state index is 12.0. The molecule has 0 aliphatic heterocycles. The second kappa shape index (κ2) is 6.40. The molecule has 6 heteroatoms. The molecule has 0 bridgehead atoms. The molecule has 1 aliphatic rings. The van der Waals surface area contributed by atoms with Crippen molar-refractivity contribution >= 4 is 22.9 Å². The lowest BCUT2D eigenvalue weighted by molar-refractivity contribution is -0.152. The molecule has 1 aliphatic carbocycles. The van der Waals surface area contributed by atoms with Gasteiger partial charge in [0.1, 0.15) is 5.82 Å². The number of rotatable bonds is 6. The molecule has 1 aromatic carbocycles. The van der Waals surface area contributed by atoms with E-state index in [1.54, 1.807) is 0 Å². The van der Waals surface area contributed by atoms with E-state index >= 15 is 0 Å². The van der Waals surface area contributed by atoms with E-state index in [0.29, 0.717) is 19.4 Å². The van der Waals surface area contributed by atoms with Crippen molar-refractivity contribution in [3.63, 3.8) is 0 Å². The molecule has 122 valence electrons. The van der Waals surface area contributed by atoms with Crippen LogP contribution in [0.2, 0.25) is 0 Å². The van der Waals surface area contributed by atoms with Gasteiger partial charge in [-0.25, -0.2) is 4.98 Å². The van der Waals surface area contributed by atoms with Crippen molar-refractivity contribution in [1.82, 2.24) is 14.9 Å². The van der Waals surface area contributed by atoms with Gasteiger partial charge in [-0.15, -0.1) is 0 Å². The predicted octanol–water partition coefficient (Wildman–Crippen LogP) is 1.73. The zero-order valence-electron chi connectivity index (χ0n) is 13.2. The molecule has 3 rings (SSSR count). The number of amides is 1. The first-order valence-corrected chi connectivity index (χ1v) is 7.99. The lowest BCUT2D eigenvalue weighted by Gasteiger charge is -2.31. The third-order valence-electron chi connectivity index (χ3n) is 4.68. The molecule has 0 saturated heterocycles. The second-order valence-electron chi connectivity index (χ2n) is 6.10. The Balaban J connectivity index is 1.49. The fraction of sp³-hybridized carbons (Fsp3) is 0.471. The summed E-state index contributed by atoms with van der Waals surface area (Å²) in [5.74, 6) is -0.865. The van der Waals surface area contributed by atoms with Crippen molar-refractivity contribution in [1.29, 1.82) is 0 Å². The monoisotopic (exact) mass is 315 g/mol. The van der Waals surface area contributed by atoms with Crippen LogP contribution in [0.15, 0.2) is 24.3 Å². The molecule has 1 saturated carbocycles. The van der Waals surface area contributed by atoms with Gasteiger partial charge in [0, 0.05) is 20.0 Å². The number of para-hydroxylation sites is 2. The minimum absolute atomic E-state index is 0.131. The lowest BCUT2D eigenvalue weighted by atomic mass is 9.73. The molecule has 6 nitrogen and oxygen atoms in total. The zero-order valence-corrected chi connectivity index (χ0v) is 13.2. The number of carbonyl (C=O) groups is 2. The van der Waals surface area contributed by atoms with Crippen LogP contribution in [-0.2, 0) is 23.1 Å². The van der Waals surface area contributed by atoms with E-state index in [-0.39, 0.29) is 11.8 Å². The maximum atomic E-state index is 12.0. The number of benzene rings is 1. The molecule has 1 amide bonds. The molecule has 1 heterocycles. The highest BCUT2D eigenvalue weighted by atomic mass is 16.4. The Morgan fingerprint density at radius 3 is 2.70 bits per heavy atom. The molecule has 2 N–H and O–H groups in total. The second-order valence-corrected chi connectivity index (χ2v) is 6.10. The SMILES string of the molecule is Cn1c(CCCNC(=O)C2CCC2C(=O)O)nc2ccccc21. The number of carbonyl (C=O) groups excluding carboxylic acids is 1. The van der Waals surface area contributed by atoms with Crippen molar-refractivity contribution in [3.05, 3.63) is 30.1 Å². The van der Waals surface area contributed by atoms with Crippen LogP contribution in [0.3, 0.4) is 0 Å². The van der Waals surface area contributed by atoms with Gasteiger partial charge in [-0.3, -0.25) is 9.59 Å². The quantitative estimate of drug-likeness (QED) is 0.795. The summed E-state index contributed by atoms with van der Waals surface area (Å²) in [7, 11) is 2.00. The van der Waals surface area contributed by atoms with E-state index in [4.69, 9.17) is 5.11 Å². The third-order valence-corrected chi connectivity index (χ3v) is 4.68. The average Bonchev–Trinajstić information content (AvgIpc) is 2.79. The maximum Gasteiger partial charge on any atom is 0.307 e. The Labute approximate surface area is 134 Å². The number of hydrogen-bond donors (Lipinski definition) is 2. The van der Waals surface area contributed by atoms with Gasteiger partial charge in [-0.2, -0.15) is 0 Å². The highest BCUT2D eigenvalue weighted by molar-refractivity contribution is 5.86. The van der Waals surface area contributed by atoms with Crippen LogP contribution in [0, 0.1) is 11.8 Å². The zero-order chi connectivity index (χ0) is 16.4. The Morgan fingerprint density at radius 1 is 1.30 bits per heavy atom. The summed E-state index contributed by atoms with van der Waals surface area (Å²) < 4.78 is 2.07. The number of carboxylic acids is 1. The topological polar surface area (TPSA) is 84.2 Å². The largest absolute Gasteiger partial charge is 0.481 e. The van der Waals surface area contributed by atoms with Crippen LogP contribution in [0.25, 0.3) is 11.0 Å². The number of nitrogens with one attached hydrogen (secondary N) is 1. The van der Waals surface area contributed by atoms with E-state index in [0.717, 1.165) is 29.7 Å². The Hall–Kier alpha value is -2.37. The number of aromatic nitrogens is 2. The fourth-order valence-corrected chi connectivity index (χ4v) is 3.12. The summed E-state index contributed by atoms with van der Waals surface area (Å²) in [6.07, 6.45) is 2.84. The molecule has 2 atom stereocenters. The van der Waals surface area contributed by atoms with Crippen molar-refractivity contribution in [3.8, 4) is 0 Å². The molecule has 1 aromatic heterocycles. The van der Waals surface area contributed by atoms with Crippen LogP contribution < -0.4 is 5.32 Å². The van der Waals surface area contributed by atoms with Crippen molar-refractivity contribution in [2.75, 3.05) is 6.54 Å². The highest BCUT2D eigenvalue weighted by Gasteiger charge is 2.41. The molecule has 0 radical (unpaired) electrons. The van der Waals surface area contributed by atoms with Gasteiger partial charge < -0.3 is 15.0 Å². The molecular weight excluding hydrogens is 294 g/mol. The Bertz CT molecular complexity index is 738. The van der Waals surface area contributed by atoms with Crippen molar-refractivity contribution in [2.24, 2.45) is 18.9 Å². The van der Waals surface area contributed by atoms with Crippen LogP contribution in [0.4, 0.5) is 0 Å². The normalized spacial score (nSPS) is 20.2. The van der Waals surface area contributed by atoms with Crippen LogP contribution in [0.1, 0.15) is 25.1 Å². The van der Waals surface area contributed by atoms with Crippen LogP contribution >= 0.6 is 0 Å². The van der Waals surface area contributed by atoms with E-state index in [1.165, 1.54) is 0 Å². The first kappa shape index (κ1) is 15.5. The summed E-state index contributed by atoms with van der Waals surface area (Å²) in [4.78, 5) is 27.5. The molecule has 0 spiro atoms. The minimum Gasteiger partial charge on any atom is -0.481 e. The number of imidazole rings is 1. The molecule has 2 aromatic rings. The smallest absolute Gasteiger partial charge is 0.307 e. The van der Waals surface area contributed by atoms with Gasteiger partial charge in [0.25, 0.3) is 0 Å². The molecule has 1 fully saturated rings. The van der Waals surface area contributed by atoms with E-state index in [1.807, 2.05) is 31.3 Å². The van der Waals surface area contributed by atoms with Gasteiger partial charge in [0.05, 0.1) is 22.9 Å². The summed E-state index contributed by atoms with van der Waals surface area (Å²) in [5, 5.41) is 11.8. The number of nitrogens with zero attached hydrogens (tertiary/aromatic N) is 2. The van der Waals surface area contributed by atoms with Crippen molar-refractivity contribution < 1.29 is 14.7 Å². The van der Waals surface area contributed by atoms with Crippen LogP contribution in [0.5, 0.6) is 0 Å². The number of fused-ring (bicyclic) bond motifs is 1. The van der Waals surface area contributed by atoms with Gasteiger partial charge in [-0.05, 0) is 31.4 Å². The number of aryl methyl sites for hydroxylation is 2. The first-order valence-electron chi connectivity index (χ1n) is 7.99. The van der Waals surface area contributed by atoms with E-state index in [2.05, 4.69) is 14.9 Å². The summed E-state index contributed by atoms with van der Waals surface area (Å²) in [6, 6.07) is 7.99. The average molecular weight is 315 g/mol. The van der Waals surface area contributed by atoms with Gasteiger partial charge >= 0.3 is 5.97 Å². The summed E-state index contributed by atoms with van der Waals surface area (Å²) in [5.41, 5.74) is 2.08. The van der Waals surface area contributed by atoms with Gasteiger partial charge in [-0.1, -0.05) is 12.1 Å². The molecular formula is C17H21N3O3. The number of aliphatic carboxylic acids is 1. The first-order chi connectivity index (χ1) is 11.1. The third kappa shape index (κ3) is 3.06. The van der Waals surface area contributed by atoms with E-state index in [9.17, 15) is 9.59 Å². The van der Waals surface area contributed by atoms with Crippen molar-refractivity contribution in [2.45, 2.75) is 25.7 Å². The number of carboxylic acid groups (broad SMARTS) is 1. The standard InChI is InChI=1S/C17H21N3O3/c1-20-14-6-3-2-5-13(14)19-15(20)7-4-10-18-16(21)11-8-9-12(11)17(22)23/h2-3,5-6,11-12H,4,7-10H2,1H3,(H,18,21)(H,22,23). The van der Waals surface area contributed by atoms with Crippen LogP contribution in [-0.4, -0.2) is 33.1 Å². The predicted molar refractivity (Wildman–Crippen MR) is 85.9 cm³/mol. The highest BCUT2D eigenvalue weighted by Crippen LogP contribution is 2.34. The van der Waals surface area contributed by atoms with Gasteiger partial charge in [0.15, 0.2) is 0 Å². The molecule has 23 heavy (non-hydrogen) atoms. The molecule has 2 unspecified atom stereocenters. The summed E-state index contributed by atoms with van der Waals surface area (Å²) in [6.45, 7) is 0.547. The fourth-order valence-electron chi connectivity index (χ4n) is 3.12. The Morgan fingerprint density at radius 2 is 2.04 bits per heavy atom. The Kier molecular flexibility index (Phi) is 4.32. The lowest BCUT2D eigenvalue weighted by Crippen LogP contribution is -2.44. The minimum atomic E-state index is -0.865.